The highest BCUT2D eigenvalue weighted by atomic mass is 32.1. The van der Waals surface area contributed by atoms with Crippen LogP contribution in [-0.2, 0) is 0 Å². The minimum absolute atomic E-state index is 0.0723. The molecule has 0 bridgehead atoms. The van der Waals surface area contributed by atoms with Gasteiger partial charge in [-0.25, -0.2) is 13.8 Å². The van der Waals surface area contributed by atoms with Crippen molar-refractivity contribution in [2.24, 2.45) is 0 Å². The molecule has 0 aliphatic rings. The van der Waals surface area contributed by atoms with Crippen LogP contribution in [0.5, 0.6) is 5.75 Å². The van der Waals surface area contributed by atoms with Crippen molar-refractivity contribution in [3.63, 3.8) is 0 Å². The van der Waals surface area contributed by atoms with Crippen molar-refractivity contribution >= 4 is 32.6 Å². The van der Waals surface area contributed by atoms with Crippen molar-refractivity contribution in [2.75, 3.05) is 38.7 Å². The lowest BCUT2D eigenvalue weighted by Gasteiger charge is -2.20. The number of likely N-dealkylation sites (N-methyl/N-ethyl adjacent to an activating group) is 1. The van der Waals surface area contributed by atoms with E-state index in [9.17, 15) is 13.6 Å². The molecule has 1 aromatic heterocycles. The number of hydrogen-bond donors (Lipinski definition) is 1. The number of carbonyl (C=O) groups is 1. The minimum atomic E-state index is -0.732. The Hall–Kier alpha value is -2.58. The Kier molecular flexibility index (Phi) is 6.21. The van der Waals surface area contributed by atoms with E-state index in [0.29, 0.717) is 40.8 Å². The third-order valence-corrected chi connectivity index (χ3v) is 5.15. The summed E-state index contributed by atoms with van der Waals surface area (Å²) in [6.07, 6.45) is 0. The van der Waals surface area contributed by atoms with Crippen molar-refractivity contribution in [3.05, 3.63) is 53.6 Å². The number of fused-ring (bicyclic) bond motifs is 1. The maximum absolute atomic E-state index is 14.1. The van der Waals surface area contributed by atoms with E-state index in [1.54, 1.807) is 24.3 Å². The number of quaternary nitrogens is 1. The molecule has 0 atom stereocenters. The second-order valence-corrected chi connectivity index (χ2v) is 7.61. The largest absolute Gasteiger partial charge is 0.494 e. The number of thiazole rings is 1. The third kappa shape index (κ3) is 4.45. The Labute approximate surface area is 166 Å². The van der Waals surface area contributed by atoms with Gasteiger partial charge in [0.1, 0.15) is 17.1 Å². The molecule has 8 heteroatoms. The minimum Gasteiger partial charge on any atom is -0.494 e. The van der Waals surface area contributed by atoms with Crippen LogP contribution in [0.3, 0.4) is 0 Å². The predicted octanol–water partition coefficient (Wildman–Crippen LogP) is 2.76. The maximum Gasteiger partial charge on any atom is 0.260 e. The first-order valence-corrected chi connectivity index (χ1v) is 9.80. The molecule has 3 rings (SSSR count). The molecule has 1 N–H and O–H groups in total. The molecule has 28 heavy (non-hydrogen) atoms. The third-order valence-electron chi connectivity index (χ3n) is 4.13. The van der Waals surface area contributed by atoms with Crippen molar-refractivity contribution in [1.29, 1.82) is 0 Å². The van der Waals surface area contributed by atoms with Gasteiger partial charge in [0.05, 0.1) is 38.5 Å². The van der Waals surface area contributed by atoms with E-state index < -0.39 is 11.6 Å². The fraction of sp³-hybridized carbons (Fsp3) is 0.300. The van der Waals surface area contributed by atoms with Crippen molar-refractivity contribution in [2.45, 2.75) is 6.92 Å². The second kappa shape index (κ2) is 8.62. The topological polar surface area (TPSA) is 46.9 Å². The zero-order valence-corrected chi connectivity index (χ0v) is 16.8. The van der Waals surface area contributed by atoms with E-state index in [1.165, 1.54) is 11.0 Å². The molecule has 1 amide bonds. The summed E-state index contributed by atoms with van der Waals surface area (Å²) in [5.41, 5.74) is 0.547. The summed E-state index contributed by atoms with van der Waals surface area (Å²) < 4.78 is 33.4. The van der Waals surface area contributed by atoms with Crippen molar-refractivity contribution in [3.8, 4) is 5.75 Å². The summed E-state index contributed by atoms with van der Waals surface area (Å²) in [4.78, 5) is 20.1. The zero-order valence-electron chi connectivity index (χ0n) is 16.0. The number of carbonyl (C=O) groups excluding carboxylic acids is 1. The van der Waals surface area contributed by atoms with Crippen molar-refractivity contribution in [1.82, 2.24) is 4.98 Å². The summed E-state index contributed by atoms with van der Waals surface area (Å²) in [5.74, 6) is -0.961. The molecule has 5 nitrogen and oxygen atoms in total. The fourth-order valence-corrected chi connectivity index (χ4v) is 3.73. The Morgan fingerprint density at radius 3 is 2.57 bits per heavy atom. The summed E-state index contributed by atoms with van der Waals surface area (Å²) in [6, 6.07) is 8.89. The van der Waals surface area contributed by atoms with Crippen LogP contribution < -0.4 is 14.5 Å². The highest BCUT2D eigenvalue weighted by Crippen LogP contribution is 2.32. The fourth-order valence-electron chi connectivity index (χ4n) is 2.70. The number of anilines is 1. The molecule has 3 aromatic rings. The molecule has 0 saturated carbocycles. The van der Waals surface area contributed by atoms with Crippen LogP contribution in [0.25, 0.3) is 10.2 Å². The maximum atomic E-state index is 14.1. The summed E-state index contributed by atoms with van der Waals surface area (Å²) in [7, 11) is 3.96. The zero-order chi connectivity index (χ0) is 20.3. The number of nitrogens with zero attached hydrogens (tertiary/aromatic N) is 2. The van der Waals surface area contributed by atoms with Crippen molar-refractivity contribution < 1.29 is 23.2 Å². The van der Waals surface area contributed by atoms with Gasteiger partial charge in [0, 0.05) is 11.6 Å². The number of aromatic nitrogens is 1. The average Bonchev–Trinajstić information content (AvgIpc) is 3.06. The number of nitrogens with one attached hydrogen (secondary N) is 1. The highest BCUT2D eigenvalue weighted by molar-refractivity contribution is 7.22. The lowest BCUT2D eigenvalue weighted by atomic mass is 10.2. The van der Waals surface area contributed by atoms with E-state index in [1.807, 2.05) is 21.0 Å². The number of rotatable bonds is 7. The average molecular weight is 406 g/mol. The van der Waals surface area contributed by atoms with Gasteiger partial charge in [-0.15, -0.1) is 0 Å². The number of ether oxygens (including phenoxy) is 1. The molecule has 0 fully saturated rings. The van der Waals surface area contributed by atoms with E-state index in [4.69, 9.17) is 4.74 Å². The summed E-state index contributed by atoms with van der Waals surface area (Å²) in [5, 5.41) is 0.347. The van der Waals surface area contributed by atoms with Crippen LogP contribution in [0.1, 0.15) is 17.3 Å². The number of amides is 1. The summed E-state index contributed by atoms with van der Waals surface area (Å²) >= 11 is 1.10. The first-order valence-electron chi connectivity index (χ1n) is 8.98. The van der Waals surface area contributed by atoms with Gasteiger partial charge in [-0.1, -0.05) is 11.3 Å². The Balaban J connectivity index is 1.96. The van der Waals surface area contributed by atoms with Gasteiger partial charge in [-0.05, 0) is 37.3 Å². The van der Waals surface area contributed by atoms with E-state index in [0.717, 1.165) is 22.3 Å². The van der Waals surface area contributed by atoms with E-state index >= 15 is 0 Å². The summed E-state index contributed by atoms with van der Waals surface area (Å²) in [6.45, 7) is 3.51. The lowest BCUT2D eigenvalue weighted by molar-refractivity contribution is -0.856. The molecule has 1 heterocycles. The Morgan fingerprint density at radius 1 is 1.21 bits per heavy atom. The van der Waals surface area contributed by atoms with Gasteiger partial charge in [0.15, 0.2) is 10.9 Å². The predicted molar refractivity (Wildman–Crippen MR) is 107 cm³/mol. The number of benzene rings is 2. The molecule has 0 spiro atoms. The van der Waals surface area contributed by atoms with Gasteiger partial charge in [0.25, 0.3) is 5.91 Å². The van der Waals surface area contributed by atoms with Crippen LogP contribution in [0.15, 0.2) is 36.4 Å². The first kappa shape index (κ1) is 20.2. The van der Waals surface area contributed by atoms with Crippen LogP contribution in [0, 0.1) is 11.6 Å². The molecule has 0 saturated heterocycles. The second-order valence-electron chi connectivity index (χ2n) is 6.60. The monoisotopic (exact) mass is 406 g/mol. The molecule has 0 radical (unpaired) electrons. The number of hydrogen-bond acceptors (Lipinski definition) is 4. The smallest absolute Gasteiger partial charge is 0.260 e. The molecule has 0 aliphatic heterocycles. The molecule has 148 valence electrons. The molecule has 2 aromatic carbocycles. The van der Waals surface area contributed by atoms with Crippen LogP contribution in [-0.4, -0.2) is 44.7 Å². The normalized spacial score (nSPS) is 11.2. The van der Waals surface area contributed by atoms with Gasteiger partial charge in [0.2, 0.25) is 0 Å². The van der Waals surface area contributed by atoms with Crippen LogP contribution >= 0.6 is 11.3 Å². The number of halogens is 2. The van der Waals surface area contributed by atoms with Gasteiger partial charge in [-0.2, -0.15) is 0 Å². The lowest BCUT2D eigenvalue weighted by Crippen LogP contribution is -3.06. The highest BCUT2D eigenvalue weighted by Gasteiger charge is 2.23. The van der Waals surface area contributed by atoms with Crippen LogP contribution in [0.4, 0.5) is 13.9 Å². The molecular weight excluding hydrogens is 384 g/mol. The van der Waals surface area contributed by atoms with Crippen LogP contribution in [0.2, 0.25) is 0 Å². The quantitative estimate of drug-likeness (QED) is 0.656. The Morgan fingerprint density at radius 2 is 1.93 bits per heavy atom. The first-order chi connectivity index (χ1) is 13.4. The van der Waals surface area contributed by atoms with Gasteiger partial charge < -0.3 is 9.64 Å². The SMILES string of the molecule is CCOc1ccc(C(=O)N(CC[NH+](C)C)c2nc3c(F)cc(F)cc3s2)cc1. The molecule has 0 unspecified atom stereocenters. The van der Waals surface area contributed by atoms with E-state index in [2.05, 4.69) is 4.98 Å². The molecule has 0 aliphatic carbocycles. The standard InChI is InChI=1S/C20H21F2N3O2S/c1-4-27-15-7-5-13(6-8-15)19(26)25(10-9-24(2)3)20-23-18-16(22)11-14(21)12-17(18)28-20/h5-8,11-12H,4,9-10H2,1-3H3/p+1. The Bertz CT molecular complexity index is 973. The van der Waals surface area contributed by atoms with E-state index in [-0.39, 0.29) is 11.4 Å². The molecular formula is C20H22F2N3O2S+. The van der Waals surface area contributed by atoms with Gasteiger partial charge in [-0.3, -0.25) is 9.69 Å². The van der Waals surface area contributed by atoms with Gasteiger partial charge >= 0.3 is 0 Å².